The Morgan fingerprint density at radius 1 is 0.243 bits per heavy atom. The summed E-state index contributed by atoms with van der Waals surface area (Å²) in [6.07, 6.45) is 0.792. The molecule has 0 unspecified atom stereocenters. The molecule has 8 bridgehead atoms. The van der Waals surface area contributed by atoms with Crippen molar-refractivity contribution in [1.82, 2.24) is 0 Å². The van der Waals surface area contributed by atoms with E-state index in [9.17, 15) is 33.7 Å². The minimum absolute atomic E-state index is 0.0521. The van der Waals surface area contributed by atoms with Crippen molar-refractivity contribution in [2.45, 2.75) is 60.1 Å². The molecule has 0 aromatic heterocycles. The highest BCUT2D eigenvalue weighted by Gasteiger charge is 2.32. The molecule has 8 aromatic rings. The van der Waals surface area contributed by atoms with E-state index in [1.54, 1.807) is 146 Å². The molecule has 380 valence electrons. The molecule has 0 N–H and O–H groups in total. The lowest BCUT2D eigenvalue weighted by molar-refractivity contribution is 0.584. The summed E-state index contributed by atoms with van der Waals surface area (Å²) in [7, 11) is -16.9. The normalized spacial score (nSPS) is 14.2. The summed E-state index contributed by atoms with van der Waals surface area (Å²) in [5, 5.41) is 0. The maximum absolute atomic E-state index is 14.7. The van der Waals surface area contributed by atoms with Crippen molar-refractivity contribution in [3.05, 3.63) is 239 Å². The van der Waals surface area contributed by atoms with Gasteiger partial charge >= 0.3 is 0 Å². The molecule has 74 heavy (non-hydrogen) atoms. The van der Waals surface area contributed by atoms with Crippen molar-refractivity contribution in [2.24, 2.45) is 0 Å². The summed E-state index contributed by atoms with van der Waals surface area (Å²) in [6.45, 7) is 6.50. The third-order valence-electron chi connectivity index (χ3n) is 13.2. The first kappa shape index (κ1) is 51.7. The summed E-state index contributed by atoms with van der Waals surface area (Å²) in [4.78, 5) is 0.208. The van der Waals surface area contributed by atoms with Gasteiger partial charge in [0.2, 0.25) is 0 Å². The van der Waals surface area contributed by atoms with Crippen LogP contribution in [-0.4, -0.2) is 59.9 Å². The van der Waals surface area contributed by atoms with Crippen LogP contribution in [-0.2, 0) is 52.9 Å². The van der Waals surface area contributed by atoms with Crippen LogP contribution in [0.3, 0.4) is 0 Å². The lowest BCUT2D eigenvalue weighted by Gasteiger charge is -2.30. The monoisotopic (exact) mass is 1060 g/mol. The van der Waals surface area contributed by atoms with Gasteiger partial charge in [0.1, 0.15) is 0 Å². The number of aryl methyl sites for hydroxylation is 4. The first-order chi connectivity index (χ1) is 35.3. The highest BCUT2D eigenvalue weighted by molar-refractivity contribution is 7.94. The molecular formula is C58H56N4O8S4. The number of hydrogen-bond donors (Lipinski definition) is 0. The Labute approximate surface area is 436 Å². The van der Waals surface area contributed by atoms with E-state index < -0.39 is 40.1 Å². The van der Waals surface area contributed by atoms with Crippen LogP contribution in [0.25, 0.3) is 0 Å². The van der Waals surface area contributed by atoms with Gasteiger partial charge in [-0.2, -0.15) is 0 Å². The van der Waals surface area contributed by atoms with Gasteiger partial charge in [0.25, 0.3) is 40.1 Å². The molecule has 7 heterocycles. The largest absolute Gasteiger partial charge is 0.265 e. The van der Waals surface area contributed by atoms with Crippen LogP contribution in [0.5, 0.6) is 0 Å². The Hall–Kier alpha value is -7.24. The Kier molecular flexibility index (Phi) is 14.6. The summed E-state index contributed by atoms with van der Waals surface area (Å²) < 4.78 is 122. The Morgan fingerprint density at radius 2 is 0.405 bits per heavy atom. The molecule has 7 aliphatic rings. The smallest absolute Gasteiger partial charge is 0.264 e. The van der Waals surface area contributed by atoms with Crippen LogP contribution >= 0.6 is 0 Å². The molecule has 0 saturated carbocycles. The second-order valence-corrected chi connectivity index (χ2v) is 26.0. The third-order valence-corrected chi connectivity index (χ3v) is 20.5. The van der Waals surface area contributed by atoms with E-state index in [2.05, 4.69) is 0 Å². The molecule has 0 amide bonds. The van der Waals surface area contributed by atoms with Gasteiger partial charge in [-0.05, 0) is 160 Å². The standard InChI is InChI=1S/C58H56N4O8S4/c1-43-5-29-55(30-6-43)71(63,64)59-37-38-60(72(65,66)56-31-7-44(2)8-32-56)52-23-15-49(16-24-52)42-50-19-27-54(28-20-50)62(74(69,70)58-35-11-46(4)12-36-58)40-39-61(73(67,68)57-33-9-45(3)10-34-57)53-25-17-48(18-26-53)41-47-13-21-51(59)22-14-47/h5-36H,37-42H2,1-4H3. The zero-order valence-corrected chi connectivity index (χ0v) is 44.7. The van der Waals surface area contributed by atoms with Gasteiger partial charge < -0.3 is 0 Å². The molecule has 16 heteroatoms. The average Bonchev–Trinajstić information content (AvgIpc) is 3.38. The van der Waals surface area contributed by atoms with E-state index in [4.69, 9.17) is 0 Å². The van der Waals surface area contributed by atoms with E-state index in [1.165, 1.54) is 17.2 Å². The predicted molar refractivity (Wildman–Crippen MR) is 294 cm³/mol. The van der Waals surface area contributed by atoms with E-state index >= 15 is 0 Å². The zero-order chi connectivity index (χ0) is 52.4. The number of hydrogen-bond acceptors (Lipinski definition) is 8. The van der Waals surface area contributed by atoms with Gasteiger partial charge in [-0.15, -0.1) is 0 Å². The van der Waals surface area contributed by atoms with Gasteiger partial charge in [0.15, 0.2) is 0 Å². The van der Waals surface area contributed by atoms with Crippen LogP contribution in [0.15, 0.2) is 214 Å². The summed E-state index contributed by atoms with van der Waals surface area (Å²) in [5.41, 5.74) is 8.13. The maximum Gasteiger partial charge on any atom is 0.264 e. The Bertz CT molecular complexity index is 3230. The fraction of sp³-hybridized carbons (Fsp3) is 0.172. The van der Waals surface area contributed by atoms with Gasteiger partial charge in [-0.3, -0.25) is 17.2 Å². The number of sulfonamides is 4. The number of anilines is 4. The number of nitrogens with zero attached hydrogens (tertiary/aromatic N) is 4. The molecular weight excluding hydrogens is 1010 g/mol. The van der Waals surface area contributed by atoms with Crippen molar-refractivity contribution < 1.29 is 33.7 Å². The molecule has 12 nitrogen and oxygen atoms in total. The van der Waals surface area contributed by atoms with Crippen molar-refractivity contribution in [3.63, 3.8) is 0 Å². The van der Waals surface area contributed by atoms with Crippen molar-refractivity contribution >= 4 is 62.8 Å². The van der Waals surface area contributed by atoms with Gasteiger partial charge in [-0.1, -0.05) is 119 Å². The second kappa shape index (κ2) is 20.9. The SMILES string of the molecule is Cc1ccc(S(=O)(=O)N2CCN(S(=O)(=O)c3ccc(C)cc3)c3ccc(cc3)Cc3ccc(cc3)N(S(=O)(=O)c3ccc(C)cc3)CCN(S(=O)(=O)c3ccc(C)cc3)c3ccc(cc3)Cc3ccc2cc3)cc1. The lowest BCUT2D eigenvalue weighted by atomic mass is 10.0. The van der Waals surface area contributed by atoms with Crippen molar-refractivity contribution in [3.8, 4) is 0 Å². The van der Waals surface area contributed by atoms with Crippen LogP contribution in [0.4, 0.5) is 22.7 Å². The van der Waals surface area contributed by atoms with Crippen LogP contribution in [0, 0.1) is 27.7 Å². The third kappa shape index (κ3) is 11.0. The van der Waals surface area contributed by atoms with Crippen LogP contribution in [0.1, 0.15) is 44.5 Å². The highest BCUT2D eigenvalue weighted by Crippen LogP contribution is 2.32. The van der Waals surface area contributed by atoms with E-state index in [0.717, 1.165) is 44.5 Å². The quantitative estimate of drug-likeness (QED) is 0.146. The van der Waals surface area contributed by atoms with Crippen molar-refractivity contribution in [1.29, 1.82) is 0 Å². The Balaban J connectivity index is 1.16. The molecule has 7 aliphatic heterocycles. The minimum Gasteiger partial charge on any atom is -0.265 e. The molecule has 0 aliphatic carbocycles. The Morgan fingerprint density at radius 3 is 0.568 bits per heavy atom. The topological polar surface area (TPSA) is 150 Å². The second-order valence-electron chi connectivity index (χ2n) is 18.6. The van der Waals surface area contributed by atoms with Gasteiger partial charge in [-0.25, -0.2) is 33.7 Å². The summed E-state index contributed by atoms with van der Waals surface area (Å²) in [5.74, 6) is 0. The van der Waals surface area contributed by atoms with Crippen LogP contribution in [0.2, 0.25) is 0 Å². The molecule has 15 rings (SSSR count). The summed E-state index contributed by atoms with van der Waals surface area (Å²) in [6, 6.07) is 54.2. The highest BCUT2D eigenvalue weighted by atomic mass is 32.2. The number of benzene rings is 8. The molecule has 0 fully saturated rings. The minimum atomic E-state index is -4.23. The van der Waals surface area contributed by atoms with E-state index in [0.29, 0.717) is 35.6 Å². The first-order valence-electron chi connectivity index (χ1n) is 24.0. The maximum atomic E-state index is 14.7. The van der Waals surface area contributed by atoms with E-state index in [-0.39, 0.29) is 45.8 Å². The lowest BCUT2D eigenvalue weighted by Crippen LogP contribution is -2.41. The molecule has 0 spiro atoms. The molecule has 8 aromatic carbocycles. The summed E-state index contributed by atoms with van der Waals surface area (Å²) >= 11 is 0. The molecule has 0 saturated heterocycles. The predicted octanol–water partition coefficient (Wildman–Crippen LogP) is 10.6. The zero-order valence-electron chi connectivity index (χ0n) is 41.4. The molecule has 0 radical (unpaired) electrons. The fourth-order valence-electron chi connectivity index (χ4n) is 8.86. The van der Waals surface area contributed by atoms with Crippen molar-refractivity contribution in [2.75, 3.05) is 43.4 Å². The fourth-order valence-corrected chi connectivity index (χ4v) is 14.7. The van der Waals surface area contributed by atoms with Gasteiger partial charge in [0, 0.05) is 0 Å². The average molecular weight is 1070 g/mol. The van der Waals surface area contributed by atoms with Gasteiger partial charge in [0.05, 0.1) is 68.5 Å². The van der Waals surface area contributed by atoms with E-state index in [1.807, 2.05) is 76.2 Å². The van der Waals surface area contributed by atoms with Crippen LogP contribution < -0.4 is 17.2 Å². The molecule has 0 atom stereocenters. The first-order valence-corrected chi connectivity index (χ1v) is 29.8. The number of rotatable bonds is 8.